The highest BCUT2D eigenvalue weighted by molar-refractivity contribution is 8.02. The molecule has 2 aliphatic rings. The van der Waals surface area contributed by atoms with Gasteiger partial charge in [-0.3, -0.25) is 14.4 Å². The standard InChI is InChI=1S/C23H35N5O5S2/c1-3-15(34-2)8-11-25-21(32)18(29)19(30)22(33)28-12-4-5-17(28)16-13-35-23(26-16)27-20(31)14-6-9-24-10-7-14/h3,13-14,17-19,24,29-30H,4-12H2,1-2H3,(H,25,32)(H,26,27,31)/b15-3-/t17-,18-,19-/m1/s1. The number of nitrogens with zero attached hydrogens (tertiary/aromatic N) is 2. The zero-order valence-electron chi connectivity index (χ0n) is 20.2. The first-order chi connectivity index (χ1) is 16.8. The Labute approximate surface area is 213 Å². The molecule has 3 rings (SSSR count). The maximum Gasteiger partial charge on any atom is 0.255 e. The summed E-state index contributed by atoms with van der Waals surface area (Å²) in [4.78, 5) is 44.8. The highest BCUT2D eigenvalue weighted by Crippen LogP contribution is 2.34. The Morgan fingerprint density at radius 1 is 1.29 bits per heavy atom. The fourth-order valence-corrected chi connectivity index (χ4v) is 5.65. The molecule has 12 heteroatoms. The second-order valence-electron chi connectivity index (χ2n) is 8.67. The molecule has 10 nitrogen and oxygen atoms in total. The molecule has 0 aliphatic carbocycles. The van der Waals surface area contributed by atoms with Crippen molar-refractivity contribution in [3.8, 4) is 0 Å². The lowest BCUT2D eigenvalue weighted by Crippen LogP contribution is -2.50. The Hall–Kier alpha value is -1.99. The summed E-state index contributed by atoms with van der Waals surface area (Å²) in [6.45, 7) is 4.24. The fourth-order valence-electron chi connectivity index (χ4n) is 4.35. The zero-order chi connectivity index (χ0) is 25.4. The molecule has 0 saturated carbocycles. The number of piperidine rings is 1. The maximum absolute atomic E-state index is 13.0. The van der Waals surface area contributed by atoms with Gasteiger partial charge in [0.15, 0.2) is 17.3 Å². The van der Waals surface area contributed by atoms with E-state index in [0.717, 1.165) is 30.8 Å². The van der Waals surface area contributed by atoms with Crippen LogP contribution in [-0.4, -0.2) is 82.5 Å². The molecular formula is C23H35N5O5S2. The predicted octanol–water partition coefficient (Wildman–Crippen LogP) is 1.24. The molecule has 3 atom stereocenters. The Bertz CT molecular complexity index is 918. The lowest BCUT2D eigenvalue weighted by Gasteiger charge is -2.27. The minimum atomic E-state index is -1.87. The molecule has 2 aliphatic heterocycles. The van der Waals surface area contributed by atoms with Crippen LogP contribution in [0.2, 0.25) is 0 Å². The van der Waals surface area contributed by atoms with E-state index in [1.807, 2.05) is 19.3 Å². The number of aliphatic hydroxyl groups excluding tert-OH is 2. The second-order valence-corrected chi connectivity index (χ2v) is 10.5. The lowest BCUT2D eigenvalue weighted by molar-refractivity contribution is -0.153. The third-order valence-corrected chi connectivity index (χ3v) is 8.15. The number of thioether (sulfide) groups is 1. The number of carbonyl (C=O) groups is 3. The molecule has 0 unspecified atom stereocenters. The third kappa shape index (κ3) is 7.26. The van der Waals surface area contributed by atoms with Gasteiger partial charge in [0.1, 0.15) is 0 Å². The van der Waals surface area contributed by atoms with E-state index in [1.54, 1.807) is 17.1 Å². The van der Waals surface area contributed by atoms with Crippen LogP contribution >= 0.6 is 23.1 Å². The molecule has 0 bridgehead atoms. The van der Waals surface area contributed by atoms with Crippen LogP contribution in [-0.2, 0) is 14.4 Å². The average molecular weight is 526 g/mol. The molecule has 0 aromatic carbocycles. The molecule has 2 saturated heterocycles. The summed E-state index contributed by atoms with van der Waals surface area (Å²) >= 11 is 2.87. The van der Waals surface area contributed by atoms with Crippen LogP contribution in [0.1, 0.15) is 50.8 Å². The molecule has 35 heavy (non-hydrogen) atoms. The molecule has 3 heterocycles. The monoisotopic (exact) mass is 525 g/mol. The molecule has 2 fully saturated rings. The topological polar surface area (TPSA) is 144 Å². The van der Waals surface area contributed by atoms with E-state index < -0.39 is 24.0 Å². The Balaban J connectivity index is 1.56. The van der Waals surface area contributed by atoms with Crippen molar-refractivity contribution in [1.29, 1.82) is 0 Å². The predicted molar refractivity (Wildman–Crippen MR) is 137 cm³/mol. The maximum atomic E-state index is 13.0. The van der Waals surface area contributed by atoms with Crippen LogP contribution < -0.4 is 16.0 Å². The number of anilines is 1. The summed E-state index contributed by atoms with van der Waals surface area (Å²) in [5.74, 6) is -1.58. The van der Waals surface area contributed by atoms with Crippen molar-refractivity contribution in [3.05, 3.63) is 22.1 Å². The molecule has 0 spiro atoms. The summed E-state index contributed by atoms with van der Waals surface area (Å²) in [6.07, 6.45) is 3.70. The van der Waals surface area contributed by atoms with Gasteiger partial charge in [0.2, 0.25) is 5.91 Å². The van der Waals surface area contributed by atoms with Gasteiger partial charge in [-0.2, -0.15) is 0 Å². The number of aliphatic hydroxyl groups is 2. The minimum absolute atomic E-state index is 0.0405. The summed E-state index contributed by atoms with van der Waals surface area (Å²) in [6, 6.07) is -0.382. The molecule has 1 aromatic rings. The molecule has 1 aromatic heterocycles. The van der Waals surface area contributed by atoms with Crippen molar-refractivity contribution in [2.75, 3.05) is 37.8 Å². The van der Waals surface area contributed by atoms with Crippen molar-refractivity contribution in [1.82, 2.24) is 20.5 Å². The Morgan fingerprint density at radius 2 is 2.03 bits per heavy atom. The number of amides is 3. The van der Waals surface area contributed by atoms with Crippen LogP contribution in [0.25, 0.3) is 0 Å². The third-order valence-electron chi connectivity index (χ3n) is 6.41. The highest BCUT2D eigenvalue weighted by atomic mass is 32.2. The van der Waals surface area contributed by atoms with E-state index >= 15 is 0 Å². The number of rotatable bonds is 10. The van der Waals surface area contributed by atoms with Crippen LogP contribution in [0, 0.1) is 5.92 Å². The number of allylic oxidation sites excluding steroid dienone is 1. The van der Waals surface area contributed by atoms with E-state index in [0.29, 0.717) is 43.2 Å². The van der Waals surface area contributed by atoms with E-state index in [1.165, 1.54) is 16.2 Å². The van der Waals surface area contributed by atoms with Gasteiger partial charge in [0.05, 0.1) is 11.7 Å². The normalized spacial score (nSPS) is 21.0. The summed E-state index contributed by atoms with van der Waals surface area (Å²) in [5.41, 5.74) is 0.628. The lowest BCUT2D eigenvalue weighted by atomic mass is 9.97. The smallest absolute Gasteiger partial charge is 0.255 e. The highest BCUT2D eigenvalue weighted by Gasteiger charge is 2.39. The van der Waals surface area contributed by atoms with Gasteiger partial charge in [0.25, 0.3) is 11.8 Å². The van der Waals surface area contributed by atoms with Gasteiger partial charge in [0, 0.05) is 24.4 Å². The number of hydrogen-bond donors (Lipinski definition) is 5. The quantitative estimate of drug-likeness (QED) is 0.307. The number of thiazole rings is 1. The number of aromatic nitrogens is 1. The molecule has 3 amide bonds. The molecule has 194 valence electrons. The Kier molecular flexibility index (Phi) is 10.5. The fraction of sp³-hybridized carbons (Fsp3) is 0.652. The minimum Gasteiger partial charge on any atom is -0.380 e. The number of nitrogens with one attached hydrogen (secondary N) is 3. The van der Waals surface area contributed by atoms with Crippen LogP contribution in [0.4, 0.5) is 5.13 Å². The summed E-state index contributed by atoms with van der Waals surface area (Å²) < 4.78 is 0. The van der Waals surface area contributed by atoms with Gasteiger partial charge >= 0.3 is 0 Å². The van der Waals surface area contributed by atoms with Crippen molar-refractivity contribution >= 4 is 46.0 Å². The van der Waals surface area contributed by atoms with Crippen LogP contribution in [0.15, 0.2) is 16.4 Å². The number of likely N-dealkylation sites (tertiary alicyclic amines) is 1. The molecule has 5 N–H and O–H groups in total. The first-order valence-corrected chi connectivity index (χ1v) is 14.1. The van der Waals surface area contributed by atoms with Gasteiger partial charge in [-0.05, 0) is 63.3 Å². The van der Waals surface area contributed by atoms with E-state index in [2.05, 4.69) is 20.9 Å². The van der Waals surface area contributed by atoms with Crippen molar-refractivity contribution in [3.63, 3.8) is 0 Å². The van der Waals surface area contributed by atoms with Gasteiger partial charge < -0.3 is 31.1 Å². The first-order valence-electron chi connectivity index (χ1n) is 12.0. The molecule has 0 radical (unpaired) electrons. The van der Waals surface area contributed by atoms with Gasteiger partial charge in [-0.25, -0.2) is 4.98 Å². The van der Waals surface area contributed by atoms with Crippen molar-refractivity contribution in [2.24, 2.45) is 5.92 Å². The molecular weight excluding hydrogens is 490 g/mol. The summed E-state index contributed by atoms with van der Waals surface area (Å²) in [7, 11) is 0. The second kappa shape index (κ2) is 13.4. The van der Waals surface area contributed by atoms with Crippen LogP contribution in [0.5, 0.6) is 0 Å². The van der Waals surface area contributed by atoms with E-state index in [-0.39, 0.29) is 17.9 Å². The zero-order valence-corrected chi connectivity index (χ0v) is 21.8. The average Bonchev–Trinajstić information content (AvgIpc) is 3.55. The van der Waals surface area contributed by atoms with Crippen molar-refractivity contribution in [2.45, 2.75) is 57.3 Å². The van der Waals surface area contributed by atoms with Gasteiger partial charge in [-0.1, -0.05) is 6.08 Å². The SMILES string of the molecule is C/C=C(/CCNC(=O)[C@H](O)[C@@H](O)C(=O)N1CCC[C@@H]1c1csc(NC(=O)C2CCNCC2)n1)SC. The van der Waals surface area contributed by atoms with Crippen LogP contribution in [0.3, 0.4) is 0 Å². The van der Waals surface area contributed by atoms with E-state index in [9.17, 15) is 24.6 Å². The number of hydrogen-bond acceptors (Lipinski definition) is 9. The first kappa shape index (κ1) is 27.6. The van der Waals surface area contributed by atoms with Gasteiger partial charge in [-0.15, -0.1) is 23.1 Å². The van der Waals surface area contributed by atoms with E-state index in [4.69, 9.17) is 0 Å². The summed E-state index contributed by atoms with van der Waals surface area (Å²) in [5, 5.41) is 31.7. The number of carbonyl (C=O) groups excluding carboxylic acids is 3. The van der Waals surface area contributed by atoms with Crippen molar-refractivity contribution < 1.29 is 24.6 Å². The Morgan fingerprint density at radius 3 is 2.71 bits per heavy atom. The largest absolute Gasteiger partial charge is 0.380 e.